The van der Waals surface area contributed by atoms with Crippen LogP contribution in [0, 0.1) is 0 Å². The third-order valence-electron chi connectivity index (χ3n) is 5.72. The maximum atomic E-state index is 12.0. The predicted molar refractivity (Wildman–Crippen MR) is 85.0 cm³/mol. The third-order valence-corrected chi connectivity index (χ3v) is 7.37. The number of hydrogen-bond donors (Lipinski definition) is 1. The Balaban J connectivity index is 1.59. The molecule has 1 saturated carbocycles. The van der Waals surface area contributed by atoms with Crippen LogP contribution in [0.3, 0.4) is 0 Å². The molecule has 0 radical (unpaired) electrons. The lowest BCUT2D eigenvalue weighted by molar-refractivity contribution is 0.144. The summed E-state index contributed by atoms with van der Waals surface area (Å²) in [5.41, 5.74) is 5.98. The van der Waals surface area contributed by atoms with Crippen LogP contribution >= 0.6 is 0 Å². The van der Waals surface area contributed by atoms with Crippen LogP contribution in [-0.4, -0.2) is 74.0 Å². The molecule has 3 aliphatic rings. The molecular weight excluding hydrogens is 286 g/mol. The van der Waals surface area contributed by atoms with Crippen molar-refractivity contribution in [1.82, 2.24) is 9.80 Å². The molecule has 5 nitrogen and oxygen atoms in total. The summed E-state index contributed by atoms with van der Waals surface area (Å²) in [7, 11) is -2.91. The Hall–Kier alpha value is -0.170. The van der Waals surface area contributed by atoms with Crippen molar-refractivity contribution >= 4 is 9.84 Å². The summed E-state index contributed by atoms with van der Waals surface area (Å²) in [6.45, 7) is 4.33. The van der Waals surface area contributed by atoms with Crippen LogP contribution in [0.1, 0.15) is 38.5 Å². The largest absolute Gasteiger partial charge is 0.328 e. The van der Waals surface area contributed by atoms with E-state index in [2.05, 4.69) is 9.80 Å². The Morgan fingerprint density at radius 1 is 0.952 bits per heavy atom. The highest BCUT2D eigenvalue weighted by molar-refractivity contribution is 7.91. The maximum Gasteiger partial charge on any atom is 0.151 e. The summed E-state index contributed by atoms with van der Waals surface area (Å²) >= 11 is 0. The highest BCUT2D eigenvalue weighted by Gasteiger charge is 2.41. The average molecular weight is 315 g/mol. The van der Waals surface area contributed by atoms with Crippen molar-refractivity contribution in [2.45, 2.75) is 61.9 Å². The van der Waals surface area contributed by atoms with Gasteiger partial charge in [-0.1, -0.05) is 6.42 Å². The molecule has 3 atom stereocenters. The number of sulfone groups is 1. The fourth-order valence-corrected chi connectivity index (χ4v) is 5.95. The molecule has 3 unspecified atom stereocenters. The molecule has 0 spiro atoms. The number of nitrogens with two attached hydrogens (primary N) is 1. The first-order valence-corrected chi connectivity index (χ1v) is 10.3. The molecule has 0 bridgehead atoms. The molecule has 21 heavy (non-hydrogen) atoms. The molecule has 0 amide bonds. The Kier molecular flexibility index (Phi) is 4.60. The first kappa shape index (κ1) is 15.7. The topological polar surface area (TPSA) is 66.6 Å². The molecule has 2 heterocycles. The molecule has 3 rings (SSSR count). The molecule has 2 saturated heterocycles. The molecule has 2 N–H and O–H groups in total. The van der Waals surface area contributed by atoms with E-state index in [1.54, 1.807) is 0 Å². The second kappa shape index (κ2) is 6.14. The van der Waals surface area contributed by atoms with Crippen LogP contribution in [-0.2, 0) is 9.84 Å². The lowest BCUT2D eigenvalue weighted by Crippen LogP contribution is -2.48. The SMILES string of the molecule is CS(=O)(=O)C1CCCC1N1CCC(N2CCC(N)CC2)C1. The number of piperidine rings is 1. The van der Waals surface area contributed by atoms with E-state index in [0.717, 1.165) is 58.3 Å². The number of likely N-dealkylation sites (tertiary alicyclic amines) is 2. The van der Waals surface area contributed by atoms with Crippen LogP contribution < -0.4 is 5.73 Å². The lowest BCUT2D eigenvalue weighted by atomic mass is 10.0. The number of hydrogen-bond acceptors (Lipinski definition) is 5. The second-order valence-corrected chi connectivity index (χ2v) is 9.44. The quantitative estimate of drug-likeness (QED) is 0.819. The van der Waals surface area contributed by atoms with Gasteiger partial charge in [0.2, 0.25) is 0 Å². The minimum atomic E-state index is -2.91. The predicted octanol–water partition coefficient (Wildman–Crippen LogP) is 0.450. The van der Waals surface area contributed by atoms with Crippen molar-refractivity contribution in [1.29, 1.82) is 0 Å². The Morgan fingerprint density at radius 3 is 2.29 bits per heavy atom. The van der Waals surface area contributed by atoms with Crippen molar-refractivity contribution in [3.05, 3.63) is 0 Å². The first-order chi connectivity index (χ1) is 9.95. The zero-order valence-electron chi connectivity index (χ0n) is 13.1. The Morgan fingerprint density at radius 2 is 1.62 bits per heavy atom. The van der Waals surface area contributed by atoms with Crippen molar-refractivity contribution in [2.75, 3.05) is 32.4 Å². The molecule has 2 aliphatic heterocycles. The molecule has 0 aromatic rings. The van der Waals surface area contributed by atoms with Gasteiger partial charge >= 0.3 is 0 Å². The summed E-state index contributed by atoms with van der Waals surface area (Å²) < 4.78 is 23.9. The zero-order chi connectivity index (χ0) is 15.0. The summed E-state index contributed by atoms with van der Waals surface area (Å²) in [5.74, 6) is 0. The van der Waals surface area contributed by atoms with Gasteiger partial charge in [-0.15, -0.1) is 0 Å². The van der Waals surface area contributed by atoms with Gasteiger partial charge in [0.15, 0.2) is 9.84 Å². The van der Waals surface area contributed by atoms with Crippen LogP contribution in [0.2, 0.25) is 0 Å². The van der Waals surface area contributed by atoms with Gasteiger partial charge in [-0.3, -0.25) is 9.80 Å². The van der Waals surface area contributed by atoms with Gasteiger partial charge < -0.3 is 5.73 Å². The van der Waals surface area contributed by atoms with E-state index >= 15 is 0 Å². The van der Waals surface area contributed by atoms with E-state index < -0.39 is 9.84 Å². The van der Waals surface area contributed by atoms with Gasteiger partial charge in [0.25, 0.3) is 0 Å². The molecule has 122 valence electrons. The second-order valence-electron chi connectivity index (χ2n) is 7.18. The van der Waals surface area contributed by atoms with Crippen LogP contribution in [0.5, 0.6) is 0 Å². The Labute approximate surface area is 128 Å². The van der Waals surface area contributed by atoms with Crippen molar-refractivity contribution in [3.8, 4) is 0 Å². The van der Waals surface area contributed by atoms with Crippen molar-refractivity contribution < 1.29 is 8.42 Å². The molecule has 1 aliphatic carbocycles. The number of rotatable bonds is 3. The minimum Gasteiger partial charge on any atom is -0.328 e. The lowest BCUT2D eigenvalue weighted by Gasteiger charge is -2.35. The first-order valence-electron chi connectivity index (χ1n) is 8.37. The fourth-order valence-electron chi connectivity index (χ4n) is 4.48. The van der Waals surface area contributed by atoms with E-state index in [1.807, 2.05) is 0 Å². The zero-order valence-corrected chi connectivity index (χ0v) is 13.9. The Bertz CT molecular complexity index is 460. The highest BCUT2D eigenvalue weighted by Crippen LogP contribution is 2.32. The van der Waals surface area contributed by atoms with Gasteiger partial charge in [0, 0.05) is 37.5 Å². The van der Waals surface area contributed by atoms with E-state index in [9.17, 15) is 8.42 Å². The van der Waals surface area contributed by atoms with E-state index in [1.165, 1.54) is 12.7 Å². The monoisotopic (exact) mass is 315 g/mol. The smallest absolute Gasteiger partial charge is 0.151 e. The number of nitrogens with zero attached hydrogens (tertiary/aromatic N) is 2. The molecule has 6 heteroatoms. The maximum absolute atomic E-state index is 12.0. The van der Waals surface area contributed by atoms with Gasteiger partial charge in [0.05, 0.1) is 5.25 Å². The average Bonchev–Trinajstić information content (AvgIpc) is 3.07. The normalized spacial score (nSPS) is 37.3. The summed E-state index contributed by atoms with van der Waals surface area (Å²) in [5, 5.41) is -0.133. The molecular formula is C15H29N3O2S. The van der Waals surface area contributed by atoms with E-state index in [0.29, 0.717) is 12.1 Å². The summed E-state index contributed by atoms with van der Waals surface area (Å²) in [6.07, 6.45) is 7.76. The molecule has 0 aromatic heterocycles. The van der Waals surface area contributed by atoms with Gasteiger partial charge in [-0.2, -0.15) is 0 Å². The highest BCUT2D eigenvalue weighted by atomic mass is 32.2. The molecule has 3 fully saturated rings. The third kappa shape index (κ3) is 3.44. The van der Waals surface area contributed by atoms with E-state index in [-0.39, 0.29) is 11.3 Å². The van der Waals surface area contributed by atoms with Crippen molar-refractivity contribution in [2.24, 2.45) is 5.73 Å². The van der Waals surface area contributed by atoms with Crippen LogP contribution in [0.15, 0.2) is 0 Å². The van der Waals surface area contributed by atoms with Gasteiger partial charge in [-0.25, -0.2) is 8.42 Å². The van der Waals surface area contributed by atoms with Crippen LogP contribution in [0.4, 0.5) is 0 Å². The van der Waals surface area contributed by atoms with Gasteiger partial charge in [-0.05, 0) is 45.2 Å². The molecule has 0 aromatic carbocycles. The summed E-state index contributed by atoms with van der Waals surface area (Å²) in [6, 6.07) is 1.25. The summed E-state index contributed by atoms with van der Waals surface area (Å²) in [4.78, 5) is 5.03. The standard InChI is InChI=1S/C15H29N3O2S/c1-21(19,20)15-4-2-3-14(15)18-10-7-13(11-18)17-8-5-12(16)6-9-17/h12-15H,2-11,16H2,1H3. The minimum absolute atomic E-state index is 0.133. The van der Waals surface area contributed by atoms with Gasteiger partial charge in [0.1, 0.15) is 0 Å². The van der Waals surface area contributed by atoms with Crippen LogP contribution in [0.25, 0.3) is 0 Å². The van der Waals surface area contributed by atoms with Crippen molar-refractivity contribution in [3.63, 3.8) is 0 Å². The van der Waals surface area contributed by atoms with E-state index in [4.69, 9.17) is 5.73 Å². The fraction of sp³-hybridized carbons (Fsp3) is 1.00.